The van der Waals surface area contributed by atoms with Gasteiger partial charge in [-0.2, -0.15) is 18.3 Å². The van der Waals surface area contributed by atoms with Crippen molar-refractivity contribution in [2.45, 2.75) is 6.18 Å². The van der Waals surface area contributed by atoms with Crippen LogP contribution in [-0.4, -0.2) is 25.8 Å². The van der Waals surface area contributed by atoms with Crippen molar-refractivity contribution in [2.75, 3.05) is 0 Å². The zero-order valence-corrected chi connectivity index (χ0v) is 12.0. The molecule has 0 unspecified atom stereocenters. The topological polar surface area (TPSA) is 68.0 Å². The fourth-order valence-electron chi connectivity index (χ4n) is 2.18. The first-order valence-electron chi connectivity index (χ1n) is 6.77. The van der Waals surface area contributed by atoms with Crippen molar-refractivity contribution < 1.29 is 23.1 Å². The van der Waals surface area contributed by atoms with Crippen molar-refractivity contribution in [3.63, 3.8) is 0 Å². The van der Waals surface area contributed by atoms with Gasteiger partial charge in [-0.3, -0.25) is 4.98 Å². The normalized spacial score (nSPS) is 11.5. The molecule has 3 aromatic rings. The number of aromatic carboxylic acids is 1. The van der Waals surface area contributed by atoms with Crippen LogP contribution in [-0.2, 0) is 6.18 Å². The van der Waals surface area contributed by atoms with E-state index in [0.717, 1.165) is 10.7 Å². The Bertz CT molecular complexity index is 872. The van der Waals surface area contributed by atoms with Crippen LogP contribution in [0.2, 0.25) is 0 Å². The fraction of sp³-hybridized carbons (Fsp3) is 0.0625. The van der Waals surface area contributed by atoms with Crippen molar-refractivity contribution in [2.24, 2.45) is 0 Å². The van der Waals surface area contributed by atoms with Crippen molar-refractivity contribution in [3.05, 3.63) is 66.1 Å². The van der Waals surface area contributed by atoms with E-state index in [1.165, 1.54) is 36.7 Å². The second-order valence-corrected chi connectivity index (χ2v) is 4.92. The highest BCUT2D eigenvalue weighted by molar-refractivity contribution is 5.87. The first kappa shape index (κ1) is 15.7. The predicted octanol–water partition coefficient (Wildman–Crippen LogP) is 3.65. The number of alkyl halides is 3. The van der Waals surface area contributed by atoms with Gasteiger partial charge in [-0.1, -0.05) is 0 Å². The van der Waals surface area contributed by atoms with E-state index in [-0.39, 0.29) is 16.9 Å². The number of carbonyl (C=O) groups is 1. The van der Waals surface area contributed by atoms with Crippen molar-refractivity contribution in [1.82, 2.24) is 14.8 Å². The van der Waals surface area contributed by atoms with Crippen molar-refractivity contribution in [1.29, 1.82) is 0 Å². The van der Waals surface area contributed by atoms with Crippen LogP contribution < -0.4 is 0 Å². The summed E-state index contributed by atoms with van der Waals surface area (Å²) in [5, 5.41) is 12.9. The summed E-state index contributed by atoms with van der Waals surface area (Å²) in [6, 6.07) is 9.14. The van der Waals surface area contributed by atoms with Crippen LogP contribution in [0.5, 0.6) is 0 Å². The Balaban J connectivity index is 2.12. The molecule has 8 heteroatoms. The van der Waals surface area contributed by atoms with Gasteiger partial charge in [0, 0.05) is 18.0 Å². The van der Waals surface area contributed by atoms with Crippen LogP contribution >= 0.6 is 0 Å². The van der Waals surface area contributed by atoms with Gasteiger partial charge in [-0.15, -0.1) is 0 Å². The molecule has 0 aliphatic heterocycles. The molecule has 0 bridgehead atoms. The summed E-state index contributed by atoms with van der Waals surface area (Å²) >= 11 is 0. The molecule has 0 spiro atoms. The Labute approximate surface area is 134 Å². The van der Waals surface area contributed by atoms with Crippen LogP contribution in [0.1, 0.15) is 16.1 Å². The SMILES string of the molecule is O=C(O)c1ccc(-n2nc(-c3cccnc3)cc2C(F)(F)F)cc1. The maximum absolute atomic E-state index is 13.3. The van der Waals surface area contributed by atoms with Crippen LogP contribution in [0.25, 0.3) is 16.9 Å². The number of hydrogen-bond donors (Lipinski definition) is 1. The second kappa shape index (κ2) is 5.80. The van der Waals surface area contributed by atoms with E-state index < -0.39 is 17.8 Å². The quantitative estimate of drug-likeness (QED) is 0.794. The summed E-state index contributed by atoms with van der Waals surface area (Å²) in [6.45, 7) is 0. The Hall–Kier alpha value is -3.16. The van der Waals surface area contributed by atoms with Crippen LogP contribution in [0.15, 0.2) is 54.9 Å². The molecule has 1 N–H and O–H groups in total. The Kier molecular flexibility index (Phi) is 3.80. The lowest BCUT2D eigenvalue weighted by atomic mass is 10.2. The summed E-state index contributed by atoms with van der Waals surface area (Å²) in [7, 11) is 0. The smallest absolute Gasteiger partial charge is 0.433 e. The molecule has 0 atom stereocenters. The molecule has 24 heavy (non-hydrogen) atoms. The number of aromatic nitrogens is 3. The lowest BCUT2D eigenvalue weighted by Crippen LogP contribution is -2.13. The zero-order chi connectivity index (χ0) is 17.3. The van der Waals surface area contributed by atoms with Crippen LogP contribution in [0.3, 0.4) is 0 Å². The number of pyridine rings is 1. The standard InChI is InChI=1S/C16H10F3N3O2/c17-16(18,19)14-8-13(11-2-1-7-20-9-11)21-22(14)12-5-3-10(4-6-12)15(23)24/h1-9H,(H,23,24). The minimum atomic E-state index is -4.61. The molecule has 2 heterocycles. The molecule has 0 aliphatic rings. The third-order valence-corrected chi connectivity index (χ3v) is 3.32. The first-order valence-corrected chi connectivity index (χ1v) is 6.77. The van der Waals surface area contributed by atoms with Gasteiger partial charge in [0.05, 0.1) is 16.9 Å². The third kappa shape index (κ3) is 2.98. The Morgan fingerprint density at radius 1 is 1.12 bits per heavy atom. The third-order valence-electron chi connectivity index (χ3n) is 3.32. The van der Waals surface area contributed by atoms with Gasteiger partial charge >= 0.3 is 12.1 Å². The molecule has 3 rings (SSSR count). The minimum absolute atomic E-state index is 0.0213. The summed E-state index contributed by atoms with van der Waals surface area (Å²) < 4.78 is 40.6. The molecule has 0 saturated heterocycles. The van der Waals surface area contributed by atoms with Crippen molar-refractivity contribution >= 4 is 5.97 Å². The van der Waals surface area contributed by atoms with Gasteiger partial charge in [0.25, 0.3) is 0 Å². The minimum Gasteiger partial charge on any atom is -0.478 e. The molecule has 0 saturated carbocycles. The van der Waals surface area contributed by atoms with Gasteiger partial charge in [0.15, 0.2) is 0 Å². The number of carboxylic acids is 1. The van der Waals surface area contributed by atoms with Gasteiger partial charge < -0.3 is 5.11 Å². The Morgan fingerprint density at radius 3 is 2.38 bits per heavy atom. The highest BCUT2D eigenvalue weighted by Gasteiger charge is 2.36. The van der Waals surface area contributed by atoms with Gasteiger partial charge in [-0.25, -0.2) is 9.48 Å². The van der Waals surface area contributed by atoms with E-state index >= 15 is 0 Å². The molecular formula is C16H10F3N3O2. The molecule has 2 aromatic heterocycles. The number of rotatable bonds is 3. The van der Waals surface area contributed by atoms with Gasteiger partial charge in [0.1, 0.15) is 5.69 Å². The van der Waals surface area contributed by atoms with Gasteiger partial charge in [-0.05, 0) is 42.5 Å². The predicted molar refractivity (Wildman–Crippen MR) is 78.8 cm³/mol. The highest BCUT2D eigenvalue weighted by Crippen LogP contribution is 2.33. The summed E-state index contributed by atoms with van der Waals surface area (Å²) in [4.78, 5) is 14.7. The summed E-state index contributed by atoms with van der Waals surface area (Å²) in [6.07, 6.45) is -1.69. The highest BCUT2D eigenvalue weighted by atomic mass is 19.4. The zero-order valence-electron chi connectivity index (χ0n) is 12.0. The van der Waals surface area contributed by atoms with E-state index in [1.807, 2.05) is 0 Å². The average molecular weight is 333 g/mol. The summed E-state index contributed by atoms with van der Waals surface area (Å²) in [5.41, 5.74) is -0.291. The molecule has 122 valence electrons. The molecule has 0 aliphatic carbocycles. The van der Waals surface area contributed by atoms with Crippen LogP contribution in [0, 0.1) is 0 Å². The van der Waals surface area contributed by atoms with Crippen molar-refractivity contribution in [3.8, 4) is 16.9 Å². The Morgan fingerprint density at radius 2 is 1.83 bits per heavy atom. The molecule has 0 amide bonds. The largest absolute Gasteiger partial charge is 0.478 e. The number of benzene rings is 1. The number of carboxylic acid groups (broad SMARTS) is 1. The van der Waals surface area contributed by atoms with E-state index in [4.69, 9.17) is 5.11 Å². The average Bonchev–Trinajstić information content (AvgIpc) is 3.01. The van der Waals surface area contributed by atoms with E-state index in [1.54, 1.807) is 12.1 Å². The van der Waals surface area contributed by atoms with Crippen LogP contribution in [0.4, 0.5) is 13.2 Å². The van der Waals surface area contributed by atoms with Gasteiger partial charge in [0.2, 0.25) is 0 Å². The fourth-order valence-corrected chi connectivity index (χ4v) is 2.18. The molecular weight excluding hydrogens is 323 g/mol. The molecule has 1 aromatic carbocycles. The lowest BCUT2D eigenvalue weighted by molar-refractivity contribution is -0.142. The number of halogens is 3. The maximum atomic E-state index is 13.3. The van der Waals surface area contributed by atoms with E-state index in [0.29, 0.717) is 5.56 Å². The number of hydrogen-bond acceptors (Lipinski definition) is 3. The van der Waals surface area contributed by atoms with E-state index in [9.17, 15) is 18.0 Å². The number of nitrogens with zero attached hydrogens (tertiary/aromatic N) is 3. The lowest BCUT2D eigenvalue weighted by Gasteiger charge is -2.10. The van der Waals surface area contributed by atoms with E-state index in [2.05, 4.69) is 10.1 Å². The monoisotopic (exact) mass is 333 g/mol. The molecule has 0 radical (unpaired) electrons. The second-order valence-electron chi connectivity index (χ2n) is 4.92. The molecule has 0 fully saturated rings. The first-order chi connectivity index (χ1) is 11.4. The summed E-state index contributed by atoms with van der Waals surface area (Å²) in [5.74, 6) is -1.16. The maximum Gasteiger partial charge on any atom is 0.433 e. The molecule has 5 nitrogen and oxygen atoms in total.